The third-order valence-corrected chi connectivity index (χ3v) is 7.65. The van der Waals surface area contributed by atoms with E-state index in [2.05, 4.69) is 24.4 Å². The molecule has 3 atom stereocenters. The van der Waals surface area contributed by atoms with Crippen LogP contribution in [0.5, 0.6) is 5.75 Å². The average molecular weight is 453 g/mol. The van der Waals surface area contributed by atoms with E-state index >= 15 is 0 Å². The van der Waals surface area contributed by atoms with E-state index in [1.165, 1.54) is 10.5 Å². The monoisotopic (exact) mass is 452 g/mol. The van der Waals surface area contributed by atoms with Gasteiger partial charge >= 0.3 is 0 Å². The first-order valence-electron chi connectivity index (χ1n) is 11.6. The number of ether oxygens (including phenoxy) is 1. The van der Waals surface area contributed by atoms with Gasteiger partial charge in [-0.25, -0.2) is 0 Å². The molecule has 1 fully saturated rings. The predicted octanol–water partition coefficient (Wildman–Crippen LogP) is 5.13. The Bertz CT molecular complexity index is 946. The first kappa shape index (κ1) is 22.7. The van der Waals surface area contributed by atoms with E-state index in [1.807, 2.05) is 53.1 Å². The Morgan fingerprint density at radius 2 is 1.94 bits per heavy atom. The van der Waals surface area contributed by atoms with Crippen molar-refractivity contribution in [1.29, 1.82) is 0 Å². The molecule has 0 unspecified atom stereocenters. The first-order valence-corrected chi connectivity index (χ1v) is 12.6. The van der Waals surface area contributed by atoms with Crippen LogP contribution in [0.2, 0.25) is 0 Å². The molecule has 2 amide bonds. The van der Waals surface area contributed by atoms with Crippen molar-refractivity contribution >= 4 is 23.6 Å². The van der Waals surface area contributed by atoms with Gasteiger partial charge in [-0.2, -0.15) is 0 Å². The van der Waals surface area contributed by atoms with Crippen LogP contribution < -0.4 is 10.1 Å². The number of rotatable bonds is 7. The van der Waals surface area contributed by atoms with E-state index in [0.29, 0.717) is 19.4 Å². The van der Waals surface area contributed by atoms with Crippen molar-refractivity contribution in [2.75, 3.05) is 19.4 Å². The first-order chi connectivity index (χ1) is 15.6. The molecule has 4 rings (SSSR count). The maximum atomic E-state index is 13.6. The zero-order valence-corrected chi connectivity index (χ0v) is 19.7. The summed E-state index contributed by atoms with van der Waals surface area (Å²) >= 11 is 1.85. The summed E-state index contributed by atoms with van der Waals surface area (Å²) in [6, 6.07) is 15.9. The summed E-state index contributed by atoms with van der Waals surface area (Å²) in [7, 11) is 1.64. The molecule has 6 heteroatoms. The van der Waals surface area contributed by atoms with Gasteiger partial charge in [0.05, 0.1) is 25.1 Å². The molecular formula is C26H32N2O3S. The second kappa shape index (κ2) is 10.4. The zero-order chi connectivity index (χ0) is 22.5. The summed E-state index contributed by atoms with van der Waals surface area (Å²) in [6.07, 6.45) is 3.86. The quantitative estimate of drug-likeness (QED) is 0.633. The number of piperidine rings is 1. The third kappa shape index (κ3) is 4.80. The number of nitrogens with one attached hydrogen (secondary N) is 1. The summed E-state index contributed by atoms with van der Waals surface area (Å²) in [5.41, 5.74) is 2.20. The Kier molecular flexibility index (Phi) is 7.40. The lowest BCUT2D eigenvalue weighted by Crippen LogP contribution is -2.49. The van der Waals surface area contributed by atoms with Crippen molar-refractivity contribution in [3.63, 3.8) is 0 Å². The standard InChI is InChI=1S/C26H32N2O3S/c1-3-4-16-28-24(29)14-13-21(25(28)18-9-11-19(31-2)12-10-18)26(30)27-22-15-17-32-23-8-6-5-7-20(22)23/h5-12,21-22,25H,3-4,13-17H2,1-2H3,(H,27,30)/t21-,22-,25-/m0/s1. The molecule has 0 aromatic heterocycles. The lowest BCUT2D eigenvalue weighted by molar-refractivity contribution is -0.143. The molecule has 2 aromatic rings. The minimum Gasteiger partial charge on any atom is -0.497 e. The SMILES string of the molecule is CCCCN1C(=O)CC[C@H](C(=O)N[C@H]2CCSc3ccccc32)[C@@H]1c1ccc(OC)cc1. The summed E-state index contributed by atoms with van der Waals surface area (Å²) in [5, 5.41) is 3.34. The van der Waals surface area contributed by atoms with Gasteiger partial charge in [0.1, 0.15) is 5.75 Å². The van der Waals surface area contributed by atoms with Gasteiger partial charge < -0.3 is 15.0 Å². The minimum atomic E-state index is -0.264. The van der Waals surface area contributed by atoms with E-state index in [9.17, 15) is 9.59 Å². The molecule has 1 N–H and O–H groups in total. The van der Waals surface area contributed by atoms with Gasteiger partial charge in [-0.15, -0.1) is 11.8 Å². The maximum Gasteiger partial charge on any atom is 0.226 e. The van der Waals surface area contributed by atoms with Crippen LogP contribution >= 0.6 is 11.8 Å². The number of amides is 2. The van der Waals surface area contributed by atoms with Crippen molar-refractivity contribution < 1.29 is 14.3 Å². The molecule has 2 aromatic carbocycles. The van der Waals surface area contributed by atoms with Crippen LogP contribution in [0.25, 0.3) is 0 Å². The summed E-state index contributed by atoms with van der Waals surface area (Å²) in [4.78, 5) is 29.7. The molecule has 0 saturated carbocycles. The molecule has 0 spiro atoms. The van der Waals surface area contributed by atoms with E-state index in [1.54, 1.807) is 7.11 Å². The van der Waals surface area contributed by atoms with Gasteiger partial charge in [-0.1, -0.05) is 43.7 Å². The van der Waals surface area contributed by atoms with Gasteiger partial charge in [0.2, 0.25) is 11.8 Å². The van der Waals surface area contributed by atoms with Crippen LogP contribution in [0, 0.1) is 5.92 Å². The van der Waals surface area contributed by atoms with Crippen molar-refractivity contribution in [2.24, 2.45) is 5.92 Å². The van der Waals surface area contributed by atoms with E-state index in [0.717, 1.165) is 36.3 Å². The number of benzene rings is 2. The number of hydrogen-bond donors (Lipinski definition) is 1. The normalized spacial score (nSPS) is 22.9. The van der Waals surface area contributed by atoms with Gasteiger partial charge in [-0.05, 0) is 48.6 Å². The van der Waals surface area contributed by atoms with Crippen molar-refractivity contribution in [1.82, 2.24) is 10.2 Å². The smallest absolute Gasteiger partial charge is 0.226 e. The maximum absolute atomic E-state index is 13.6. The predicted molar refractivity (Wildman–Crippen MR) is 128 cm³/mol. The highest BCUT2D eigenvalue weighted by Crippen LogP contribution is 2.40. The minimum absolute atomic E-state index is 0.0261. The molecule has 2 aliphatic rings. The fraction of sp³-hybridized carbons (Fsp3) is 0.462. The number of likely N-dealkylation sites (tertiary alicyclic amines) is 1. The topological polar surface area (TPSA) is 58.6 Å². The number of methoxy groups -OCH3 is 1. The number of fused-ring (bicyclic) bond motifs is 1. The van der Waals surface area contributed by atoms with Crippen LogP contribution in [-0.2, 0) is 9.59 Å². The zero-order valence-electron chi connectivity index (χ0n) is 18.9. The van der Waals surface area contributed by atoms with E-state index in [4.69, 9.17) is 4.74 Å². The molecule has 32 heavy (non-hydrogen) atoms. The van der Waals surface area contributed by atoms with Gasteiger partial charge in [0.15, 0.2) is 0 Å². The number of thioether (sulfide) groups is 1. The van der Waals surface area contributed by atoms with E-state index < -0.39 is 0 Å². The third-order valence-electron chi connectivity index (χ3n) is 6.53. The Morgan fingerprint density at radius 3 is 2.69 bits per heavy atom. The fourth-order valence-electron chi connectivity index (χ4n) is 4.80. The lowest BCUT2D eigenvalue weighted by Gasteiger charge is -2.41. The Balaban J connectivity index is 1.61. The highest BCUT2D eigenvalue weighted by atomic mass is 32.2. The Hall–Kier alpha value is -2.47. The number of carbonyl (C=O) groups excluding carboxylic acids is 2. The van der Waals surface area contributed by atoms with Crippen molar-refractivity contribution in [3.8, 4) is 5.75 Å². The van der Waals surface area contributed by atoms with E-state index in [-0.39, 0.29) is 29.8 Å². The Morgan fingerprint density at radius 1 is 1.16 bits per heavy atom. The van der Waals surface area contributed by atoms with Crippen molar-refractivity contribution in [2.45, 2.75) is 56.0 Å². The summed E-state index contributed by atoms with van der Waals surface area (Å²) in [5.74, 6) is 1.69. The molecule has 2 aliphatic heterocycles. The molecule has 0 radical (unpaired) electrons. The number of carbonyl (C=O) groups is 2. The van der Waals surface area contributed by atoms with Crippen molar-refractivity contribution in [3.05, 3.63) is 59.7 Å². The summed E-state index contributed by atoms with van der Waals surface area (Å²) in [6.45, 7) is 2.80. The molecule has 2 heterocycles. The van der Waals surface area contributed by atoms with Crippen LogP contribution in [0.15, 0.2) is 53.4 Å². The second-order valence-electron chi connectivity index (χ2n) is 8.54. The average Bonchev–Trinajstić information content (AvgIpc) is 2.83. The van der Waals surface area contributed by atoms with Gasteiger partial charge in [0.25, 0.3) is 0 Å². The van der Waals surface area contributed by atoms with Crippen LogP contribution in [0.3, 0.4) is 0 Å². The molecule has 0 bridgehead atoms. The molecule has 1 saturated heterocycles. The number of unbranched alkanes of at least 4 members (excludes halogenated alkanes) is 1. The molecular weight excluding hydrogens is 420 g/mol. The lowest BCUT2D eigenvalue weighted by atomic mass is 9.83. The highest BCUT2D eigenvalue weighted by Gasteiger charge is 2.41. The second-order valence-corrected chi connectivity index (χ2v) is 9.68. The molecule has 0 aliphatic carbocycles. The number of nitrogens with zero attached hydrogens (tertiary/aromatic N) is 1. The molecule has 170 valence electrons. The van der Waals surface area contributed by atoms with Crippen LogP contribution in [-0.4, -0.2) is 36.1 Å². The Labute approximate surface area is 194 Å². The highest BCUT2D eigenvalue weighted by molar-refractivity contribution is 7.99. The fourth-order valence-corrected chi connectivity index (χ4v) is 5.93. The summed E-state index contributed by atoms with van der Waals surface area (Å²) < 4.78 is 5.32. The largest absolute Gasteiger partial charge is 0.497 e. The van der Waals surface area contributed by atoms with Gasteiger partial charge in [0, 0.05) is 23.6 Å². The van der Waals surface area contributed by atoms with Crippen LogP contribution in [0.4, 0.5) is 0 Å². The number of hydrogen-bond acceptors (Lipinski definition) is 4. The molecule has 5 nitrogen and oxygen atoms in total. The van der Waals surface area contributed by atoms with Crippen LogP contribution in [0.1, 0.15) is 62.2 Å². The van der Waals surface area contributed by atoms with Gasteiger partial charge in [-0.3, -0.25) is 9.59 Å².